The van der Waals surface area contributed by atoms with Crippen LogP contribution in [0.2, 0.25) is 0 Å². The summed E-state index contributed by atoms with van der Waals surface area (Å²) in [5.41, 5.74) is 2.23. The first-order valence-corrected chi connectivity index (χ1v) is 11.1. The molecular weight excluding hydrogens is 429 g/mol. The van der Waals surface area contributed by atoms with Crippen LogP contribution in [0.4, 0.5) is 4.39 Å². The van der Waals surface area contributed by atoms with Crippen molar-refractivity contribution in [1.29, 1.82) is 0 Å². The number of ether oxygens (including phenoxy) is 1. The van der Waals surface area contributed by atoms with Gasteiger partial charge in [-0.15, -0.1) is 11.3 Å². The average Bonchev–Trinajstić information content (AvgIpc) is 3.24. The molecule has 4 aromatic rings. The van der Waals surface area contributed by atoms with Gasteiger partial charge < -0.3 is 10.1 Å². The van der Waals surface area contributed by atoms with Crippen molar-refractivity contribution in [3.05, 3.63) is 88.0 Å². The van der Waals surface area contributed by atoms with Crippen molar-refractivity contribution in [2.75, 3.05) is 13.2 Å². The molecule has 0 spiro atoms. The Morgan fingerprint density at radius 3 is 2.69 bits per heavy atom. The monoisotopic (exact) mass is 451 g/mol. The summed E-state index contributed by atoms with van der Waals surface area (Å²) < 4.78 is 20.1. The van der Waals surface area contributed by atoms with Gasteiger partial charge >= 0.3 is 0 Å². The van der Waals surface area contributed by atoms with Gasteiger partial charge in [-0.1, -0.05) is 42.5 Å². The van der Waals surface area contributed by atoms with E-state index in [2.05, 4.69) is 10.3 Å². The van der Waals surface area contributed by atoms with Gasteiger partial charge in [0.15, 0.2) is 0 Å². The van der Waals surface area contributed by atoms with Gasteiger partial charge in [0.25, 0.3) is 5.56 Å². The van der Waals surface area contributed by atoms with E-state index in [9.17, 15) is 14.0 Å². The van der Waals surface area contributed by atoms with Crippen LogP contribution in [0.25, 0.3) is 21.3 Å². The molecule has 0 aliphatic rings. The maximum atomic E-state index is 13.2. The molecule has 0 atom stereocenters. The minimum atomic E-state index is -0.342. The van der Waals surface area contributed by atoms with Crippen LogP contribution in [0.15, 0.2) is 71.1 Å². The van der Waals surface area contributed by atoms with Gasteiger partial charge in [-0.05, 0) is 29.7 Å². The second-order valence-electron chi connectivity index (χ2n) is 7.26. The first-order valence-electron chi connectivity index (χ1n) is 10.2. The molecule has 6 nitrogen and oxygen atoms in total. The molecule has 0 radical (unpaired) electrons. The molecule has 0 saturated heterocycles. The van der Waals surface area contributed by atoms with Crippen LogP contribution in [-0.4, -0.2) is 28.6 Å². The van der Waals surface area contributed by atoms with E-state index in [0.717, 1.165) is 11.1 Å². The van der Waals surface area contributed by atoms with Gasteiger partial charge in [-0.3, -0.25) is 14.2 Å². The molecular formula is C24H22FN3O3S. The lowest BCUT2D eigenvalue weighted by Gasteiger charge is -2.08. The molecule has 0 fully saturated rings. The van der Waals surface area contributed by atoms with Gasteiger partial charge in [0.1, 0.15) is 17.2 Å². The Hall–Kier alpha value is -3.36. The van der Waals surface area contributed by atoms with E-state index in [1.807, 2.05) is 35.7 Å². The summed E-state index contributed by atoms with van der Waals surface area (Å²) in [6, 6.07) is 15.8. The third kappa shape index (κ3) is 5.27. The Kier molecular flexibility index (Phi) is 7.03. The molecule has 4 rings (SSSR count). The molecule has 0 saturated carbocycles. The molecule has 2 aromatic carbocycles. The average molecular weight is 452 g/mol. The van der Waals surface area contributed by atoms with Gasteiger partial charge in [-0.25, -0.2) is 9.37 Å². The number of nitrogens with one attached hydrogen (secondary N) is 1. The number of hydrogen-bond acceptors (Lipinski definition) is 5. The summed E-state index contributed by atoms with van der Waals surface area (Å²) in [5, 5.41) is 5.07. The summed E-state index contributed by atoms with van der Waals surface area (Å²) in [7, 11) is 0. The van der Waals surface area contributed by atoms with Crippen LogP contribution >= 0.6 is 11.3 Å². The molecule has 32 heavy (non-hydrogen) atoms. The number of halogens is 1. The molecule has 0 bridgehead atoms. The number of aromatic nitrogens is 2. The first kappa shape index (κ1) is 21.9. The molecule has 2 aromatic heterocycles. The highest BCUT2D eigenvalue weighted by Crippen LogP contribution is 2.30. The van der Waals surface area contributed by atoms with Crippen molar-refractivity contribution in [1.82, 2.24) is 14.9 Å². The predicted molar refractivity (Wildman–Crippen MR) is 123 cm³/mol. The summed E-state index contributed by atoms with van der Waals surface area (Å²) in [6.45, 7) is 1.40. The van der Waals surface area contributed by atoms with Crippen molar-refractivity contribution in [3.63, 3.8) is 0 Å². The first-order chi connectivity index (χ1) is 15.6. The minimum Gasteiger partial charge on any atom is -0.377 e. The molecule has 1 N–H and O–H groups in total. The third-order valence-electron chi connectivity index (χ3n) is 4.93. The number of fused-ring (bicyclic) bond motifs is 1. The topological polar surface area (TPSA) is 73.2 Å². The number of benzene rings is 2. The second-order valence-corrected chi connectivity index (χ2v) is 8.11. The van der Waals surface area contributed by atoms with E-state index in [1.54, 1.807) is 12.1 Å². The molecule has 0 unspecified atom stereocenters. The largest absolute Gasteiger partial charge is 0.377 e. The van der Waals surface area contributed by atoms with Crippen molar-refractivity contribution in [2.24, 2.45) is 0 Å². The van der Waals surface area contributed by atoms with Crippen molar-refractivity contribution < 1.29 is 13.9 Å². The molecule has 8 heteroatoms. The van der Waals surface area contributed by atoms with Gasteiger partial charge in [0.2, 0.25) is 5.91 Å². The lowest BCUT2D eigenvalue weighted by molar-refractivity contribution is -0.121. The van der Waals surface area contributed by atoms with E-state index < -0.39 is 0 Å². The molecule has 0 aliphatic carbocycles. The standard InChI is InChI=1S/C24H22FN3O3S/c25-19-9-7-18(8-10-19)20-15-32-23-22(20)24(30)28(16-27-23)13-21(29)26-11-4-12-31-14-17-5-2-1-3-6-17/h1-3,5-10,15-16H,4,11-14H2,(H,26,29). The van der Waals surface area contributed by atoms with Gasteiger partial charge in [-0.2, -0.15) is 0 Å². The summed E-state index contributed by atoms with van der Waals surface area (Å²) in [6.07, 6.45) is 2.06. The maximum absolute atomic E-state index is 13.2. The van der Waals surface area contributed by atoms with E-state index >= 15 is 0 Å². The smallest absolute Gasteiger partial charge is 0.263 e. The SMILES string of the molecule is O=C(Cn1cnc2scc(-c3ccc(F)cc3)c2c1=O)NCCCOCc1ccccc1. The highest BCUT2D eigenvalue weighted by atomic mass is 32.1. The Morgan fingerprint density at radius 2 is 1.91 bits per heavy atom. The van der Waals surface area contributed by atoms with Crippen molar-refractivity contribution in [2.45, 2.75) is 19.6 Å². The molecule has 0 aliphatic heterocycles. The maximum Gasteiger partial charge on any atom is 0.263 e. The Bertz CT molecular complexity index is 1250. The zero-order valence-corrected chi connectivity index (χ0v) is 18.1. The summed E-state index contributed by atoms with van der Waals surface area (Å²) >= 11 is 1.34. The fraction of sp³-hybridized carbons (Fsp3) is 0.208. The van der Waals surface area contributed by atoms with Crippen molar-refractivity contribution >= 4 is 27.5 Å². The lowest BCUT2D eigenvalue weighted by Crippen LogP contribution is -2.33. The number of thiophene rings is 1. The van der Waals surface area contributed by atoms with Crippen molar-refractivity contribution in [3.8, 4) is 11.1 Å². The Balaban J connectivity index is 1.33. The number of nitrogens with zero attached hydrogens (tertiary/aromatic N) is 2. The predicted octanol–water partition coefficient (Wildman–Crippen LogP) is 3.99. The van der Waals surface area contributed by atoms with Crippen LogP contribution in [0, 0.1) is 5.82 Å². The minimum absolute atomic E-state index is 0.120. The van der Waals surface area contributed by atoms with Crippen LogP contribution in [-0.2, 0) is 22.7 Å². The summed E-state index contributed by atoms with van der Waals surface area (Å²) in [4.78, 5) is 30.2. The Morgan fingerprint density at radius 1 is 1.12 bits per heavy atom. The number of amides is 1. The van der Waals surface area contributed by atoms with Crippen LogP contribution in [0.5, 0.6) is 0 Å². The number of carbonyl (C=O) groups is 1. The number of rotatable bonds is 9. The lowest BCUT2D eigenvalue weighted by atomic mass is 10.1. The molecule has 2 heterocycles. The van der Waals surface area contributed by atoms with E-state index in [0.29, 0.717) is 42.0 Å². The fourth-order valence-electron chi connectivity index (χ4n) is 3.30. The number of carbonyl (C=O) groups excluding carboxylic acids is 1. The fourth-order valence-corrected chi connectivity index (χ4v) is 4.21. The van der Waals surface area contributed by atoms with E-state index in [-0.39, 0.29) is 23.8 Å². The molecule has 1 amide bonds. The van der Waals surface area contributed by atoms with Gasteiger partial charge in [0.05, 0.1) is 18.3 Å². The zero-order chi connectivity index (χ0) is 22.3. The highest BCUT2D eigenvalue weighted by Gasteiger charge is 2.14. The molecule has 164 valence electrons. The second kappa shape index (κ2) is 10.3. The number of hydrogen-bond donors (Lipinski definition) is 1. The third-order valence-corrected chi connectivity index (χ3v) is 5.82. The van der Waals surface area contributed by atoms with Crippen LogP contribution in [0.3, 0.4) is 0 Å². The normalized spacial score (nSPS) is 11.0. The van der Waals surface area contributed by atoms with E-state index in [4.69, 9.17) is 4.74 Å². The quantitative estimate of drug-likeness (QED) is 0.391. The van der Waals surface area contributed by atoms with E-state index in [1.165, 1.54) is 34.4 Å². The highest BCUT2D eigenvalue weighted by molar-refractivity contribution is 7.17. The van der Waals surface area contributed by atoms with Gasteiger partial charge in [0, 0.05) is 24.1 Å². The summed E-state index contributed by atoms with van der Waals surface area (Å²) in [5.74, 6) is -0.610. The zero-order valence-electron chi connectivity index (χ0n) is 17.3. The van der Waals surface area contributed by atoms with Crippen LogP contribution in [0.1, 0.15) is 12.0 Å². The Labute approximate surface area is 188 Å². The van der Waals surface area contributed by atoms with Crippen LogP contribution < -0.4 is 10.9 Å².